The summed E-state index contributed by atoms with van der Waals surface area (Å²) in [5.41, 5.74) is 3.49. The van der Waals surface area contributed by atoms with Crippen molar-refractivity contribution in [1.29, 1.82) is 0 Å². The van der Waals surface area contributed by atoms with Gasteiger partial charge in [0.25, 0.3) is 5.91 Å². The van der Waals surface area contributed by atoms with Crippen molar-refractivity contribution in [3.05, 3.63) is 107 Å². The number of benzene rings is 3. The van der Waals surface area contributed by atoms with Gasteiger partial charge in [-0.15, -0.1) is 0 Å². The first-order valence-electron chi connectivity index (χ1n) is 9.68. The van der Waals surface area contributed by atoms with Crippen molar-refractivity contribution in [3.63, 3.8) is 0 Å². The monoisotopic (exact) mass is 400 g/mol. The summed E-state index contributed by atoms with van der Waals surface area (Å²) in [6.45, 7) is 0. The molecule has 0 bridgehead atoms. The molecule has 0 unspecified atom stereocenters. The number of rotatable bonds is 5. The van der Waals surface area contributed by atoms with E-state index in [9.17, 15) is 9.18 Å². The van der Waals surface area contributed by atoms with E-state index in [1.807, 2.05) is 54.6 Å². The van der Waals surface area contributed by atoms with Crippen LogP contribution in [0.5, 0.6) is 5.75 Å². The van der Waals surface area contributed by atoms with Gasteiger partial charge in [-0.25, -0.2) is 9.40 Å². The van der Waals surface area contributed by atoms with Gasteiger partial charge in [0.05, 0.1) is 18.9 Å². The number of hydrogen-bond donors (Lipinski definition) is 0. The van der Waals surface area contributed by atoms with Crippen molar-refractivity contribution >= 4 is 17.7 Å². The van der Waals surface area contributed by atoms with Gasteiger partial charge < -0.3 is 4.74 Å². The Morgan fingerprint density at radius 2 is 1.73 bits per heavy atom. The first-order chi connectivity index (χ1) is 14.6. The summed E-state index contributed by atoms with van der Waals surface area (Å²) in [4.78, 5) is 13.0. The van der Waals surface area contributed by atoms with Crippen LogP contribution >= 0.6 is 0 Å². The highest BCUT2D eigenvalue weighted by Gasteiger charge is 2.32. The first kappa shape index (κ1) is 19.6. The Bertz CT molecular complexity index is 1070. The molecular formula is C25H21FN2O2. The Balaban J connectivity index is 1.64. The third-order valence-electron chi connectivity index (χ3n) is 5.03. The maximum absolute atomic E-state index is 13.4. The summed E-state index contributed by atoms with van der Waals surface area (Å²) in [6, 6.07) is 23.1. The number of nitrogens with zero attached hydrogens (tertiary/aromatic N) is 2. The highest BCUT2D eigenvalue weighted by Crippen LogP contribution is 2.33. The van der Waals surface area contributed by atoms with Gasteiger partial charge in [0.1, 0.15) is 11.6 Å². The zero-order chi connectivity index (χ0) is 20.9. The van der Waals surface area contributed by atoms with E-state index in [0.29, 0.717) is 6.42 Å². The molecule has 0 spiro atoms. The highest BCUT2D eigenvalue weighted by atomic mass is 19.1. The lowest BCUT2D eigenvalue weighted by Gasteiger charge is -2.20. The summed E-state index contributed by atoms with van der Waals surface area (Å²) in [6.07, 6.45) is 3.83. The standard InChI is InChI=1S/C25H21FN2O2/c1-30-22-14-10-19(11-15-22)23-17-24(20-8-12-21(26)13-9-20)28(27-23)25(29)16-7-18-5-3-2-4-6-18/h2-16,24H,17H2,1H3/b16-7+/t24-/m1/s1. The zero-order valence-electron chi connectivity index (χ0n) is 16.5. The second kappa shape index (κ2) is 8.74. The average molecular weight is 400 g/mol. The van der Waals surface area contributed by atoms with Crippen LogP contribution in [0.3, 0.4) is 0 Å². The molecule has 1 amide bonds. The molecule has 1 heterocycles. The van der Waals surface area contributed by atoms with E-state index >= 15 is 0 Å². The fourth-order valence-corrected chi connectivity index (χ4v) is 3.42. The van der Waals surface area contributed by atoms with E-state index in [0.717, 1.165) is 28.2 Å². The summed E-state index contributed by atoms with van der Waals surface area (Å²) >= 11 is 0. The van der Waals surface area contributed by atoms with Crippen molar-refractivity contribution < 1.29 is 13.9 Å². The Kier molecular flexibility index (Phi) is 5.70. The summed E-state index contributed by atoms with van der Waals surface area (Å²) in [5, 5.41) is 6.10. The smallest absolute Gasteiger partial charge is 0.267 e. The van der Waals surface area contributed by atoms with Gasteiger partial charge in [-0.3, -0.25) is 4.79 Å². The molecule has 0 saturated carbocycles. The number of carbonyl (C=O) groups excluding carboxylic acids is 1. The Morgan fingerprint density at radius 3 is 2.40 bits per heavy atom. The maximum Gasteiger partial charge on any atom is 0.267 e. The fourth-order valence-electron chi connectivity index (χ4n) is 3.42. The minimum Gasteiger partial charge on any atom is -0.497 e. The third-order valence-corrected chi connectivity index (χ3v) is 5.03. The largest absolute Gasteiger partial charge is 0.497 e. The maximum atomic E-state index is 13.4. The molecule has 0 fully saturated rings. The van der Waals surface area contributed by atoms with E-state index in [1.165, 1.54) is 23.2 Å². The van der Waals surface area contributed by atoms with E-state index in [1.54, 1.807) is 25.3 Å². The van der Waals surface area contributed by atoms with Crippen molar-refractivity contribution in [1.82, 2.24) is 5.01 Å². The molecule has 3 aromatic rings. The van der Waals surface area contributed by atoms with Crippen LogP contribution in [0.15, 0.2) is 90.0 Å². The van der Waals surface area contributed by atoms with Crippen LogP contribution < -0.4 is 4.74 Å². The van der Waals surface area contributed by atoms with Gasteiger partial charge in [0.15, 0.2) is 0 Å². The Morgan fingerprint density at radius 1 is 1.03 bits per heavy atom. The van der Waals surface area contributed by atoms with Crippen LogP contribution in [0.2, 0.25) is 0 Å². The van der Waals surface area contributed by atoms with Crippen molar-refractivity contribution in [2.45, 2.75) is 12.5 Å². The summed E-state index contributed by atoms with van der Waals surface area (Å²) < 4.78 is 18.6. The Hall–Kier alpha value is -3.73. The number of methoxy groups -OCH3 is 1. The van der Waals surface area contributed by atoms with E-state index in [4.69, 9.17) is 4.74 Å². The Labute approximate surface area is 174 Å². The third kappa shape index (κ3) is 4.30. The lowest BCUT2D eigenvalue weighted by molar-refractivity contribution is -0.127. The predicted molar refractivity (Wildman–Crippen MR) is 116 cm³/mol. The normalized spacial score (nSPS) is 16.0. The number of hydrazone groups is 1. The SMILES string of the molecule is COc1ccc(C2=NN(C(=O)/C=C/c3ccccc3)[C@@H](c3ccc(F)cc3)C2)cc1. The lowest BCUT2D eigenvalue weighted by atomic mass is 9.98. The van der Waals surface area contributed by atoms with Crippen molar-refractivity contribution in [2.75, 3.05) is 7.11 Å². The molecule has 3 aromatic carbocycles. The molecule has 4 rings (SSSR count). The molecule has 0 N–H and O–H groups in total. The van der Waals surface area contributed by atoms with Gasteiger partial charge in [-0.2, -0.15) is 5.10 Å². The number of hydrogen-bond acceptors (Lipinski definition) is 3. The lowest BCUT2D eigenvalue weighted by Crippen LogP contribution is -2.25. The van der Waals surface area contributed by atoms with Gasteiger partial charge in [0.2, 0.25) is 0 Å². The zero-order valence-corrected chi connectivity index (χ0v) is 16.5. The molecule has 30 heavy (non-hydrogen) atoms. The molecule has 0 saturated heterocycles. The average Bonchev–Trinajstić information content (AvgIpc) is 3.24. The van der Waals surface area contributed by atoms with Crippen LogP contribution in [0, 0.1) is 5.82 Å². The number of carbonyl (C=O) groups is 1. The quantitative estimate of drug-likeness (QED) is 0.551. The molecule has 0 aliphatic carbocycles. The second-order valence-corrected chi connectivity index (χ2v) is 6.97. The number of halogens is 1. The van der Waals surface area contributed by atoms with Crippen LogP contribution in [0.25, 0.3) is 6.08 Å². The number of amides is 1. The molecule has 1 atom stereocenters. The second-order valence-electron chi connectivity index (χ2n) is 6.97. The molecule has 4 nitrogen and oxygen atoms in total. The molecule has 150 valence electrons. The topological polar surface area (TPSA) is 41.9 Å². The molecule has 0 aromatic heterocycles. The fraction of sp³-hybridized carbons (Fsp3) is 0.120. The predicted octanol–water partition coefficient (Wildman–Crippen LogP) is 5.23. The minimum atomic E-state index is -0.310. The molecular weight excluding hydrogens is 379 g/mol. The van der Waals surface area contributed by atoms with Crippen molar-refractivity contribution in [3.8, 4) is 5.75 Å². The first-order valence-corrected chi connectivity index (χ1v) is 9.68. The summed E-state index contributed by atoms with van der Waals surface area (Å²) in [5.74, 6) is 0.220. The molecule has 5 heteroatoms. The number of ether oxygens (including phenoxy) is 1. The van der Waals surface area contributed by atoms with E-state index < -0.39 is 0 Å². The van der Waals surface area contributed by atoms with Gasteiger partial charge in [0, 0.05) is 12.5 Å². The summed E-state index contributed by atoms with van der Waals surface area (Å²) in [7, 11) is 1.62. The van der Waals surface area contributed by atoms with Crippen LogP contribution in [0.1, 0.15) is 29.2 Å². The van der Waals surface area contributed by atoms with E-state index in [2.05, 4.69) is 5.10 Å². The van der Waals surface area contributed by atoms with E-state index in [-0.39, 0.29) is 17.8 Å². The van der Waals surface area contributed by atoms with Gasteiger partial charge in [-0.05, 0) is 59.2 Å². The van der Waals surface area contributed by atoms with Crippen LogP contribution in [-0.4, -0.2) is 23.7 Å². The van der Waals surface area contributed by atoms with Crippen LogP contribution in [0.4, 0.5) is 4.39 Å². The molecule has 0 radical (unpaired) electrons. The molecule has 1 aliphatic rings. The molecule has 1 aliphatic heterocycles. The van der Waals surface area contributed by atoms with Crippen molar-refractivity contribution in [2.24, 2.45) is 5.10 Å². The van der Waals surface area contributed by atoms with Crippen LogP contribution in [-0.2, 0) is 4.79 Å². The van der Waals surface area contributed by atoms with Gasteiger partial charge in [-0.1, -0.05) is 42.5 Å². The highest BCUT2D eigenvalue weighted by molar-refractivity contribution is 6.04. The van der Waals surface area contributed by atoms with Gasteiger partial charge >= 0.3 is 0 Å². The minimum absolute atomic E-state index is 0.225.